The number of benzene rings is 2. The van der Waals surface area contributed by atoms with E-state index in [0.717, 1.165) is 40.9 Å². The van der Waals surface area contributed by atoms with E-state index in [-0.39, 0.29) is 5.48 Å². The average molecular weight is 328 g/mol. The van der Waals surface area contributed by atoms with Crippen LogP contribution in [0.5, 0.6) is 0 Å². The van der Waals surface area contributed by atoms with Crippen molar-refractivity contribution in [3.63, 3.8) is 0 Å². The molecule has 0 aliphatic carbocycles. The van der Waals surface area contributed by atoms with Gasteiger partial charge in [-0.3, -0.25) is 0 Å². The molecule has 2 aromatic carbocycles. The second-order valence-corrected chi connectivity index (χ2v) is 10.1. The lowest BCUT2D eigenvalue weighted by Crippen LogP contribution is -2.12. The van der Waals surface area contributed by atoms with E-state index in [1.165, 1.54) is 5.39 Å². The molecule has 1 aliphatic heterocycles. The quantitative estimate of drug-likeness (QED) is 0.869. The molecule has 0 bridgehead atoms. The summed E-state index contributed by atoms with van der Waals surface area (Å²) in [6, 6.07) is 14.3. The van der Waals surface area contributed by atoms with E-state index in [2.05, 4.69) is 24.3 Å². The van der Waals surface area contributed by atoms with Crippen LogP contribution in [0.15, 0.2) is 47.4 Å². The highest BCUT2D eigenvalue weighted by atomic mass is 32.3. The fourth-order valence-corrected chi connectivity index (χ4v) is 8.18. The minimum atomic E-state index is -3.43. The lowest BCUT2D eigenvalue weighted by molar-refractivity contribution is 0.517. The maximum Gasteiger partial charge on any atom is 0.273 e. The van der Waals surface area contributed by atoms with E-state index in [4.69, 9.17) is 3.63 Å². The van der Waals surface area contributed by atoms with Crippen molar-refractivity contribution in [3.8, 4) is 0 Å². The van der Waals surface area contributed by atoms with Gasteiger partial charge in [0, 0.05) is 16.4 Å². The van der Waals surface area contributed by atoms with Gasteiger partial charge < -0.3 is 5.48 Å². The summed E-state index contributed by atoms with van der Waals surface area (Å²) in [7, 11) is -5.11. The van der Waals surface area contributed by atoms with Crippen molar-refractivity contribution in [2.24, 2.45) is 0 Å². The smallest absolute Gasteiger partial charge is 0.273 e. The number of rotatable bonds is 3. The van der Waals surface area contributed by atoms with Gasteiger partial charge in [-0.05, 0) is 35.7 Å². The van der Waals surface area contributed by atoms with Gasteiger partial charge in [0.05, 0.1) is 6.26 Å². The SMILES string of the molecule is CS(=O)(=O)OS1(c2ccc3ccccc3c2)CCCC1.O. The molecule has 1 aliphatic rings. The molecule has 2 N–H and O–H groups in total. The fourth-order valence-electron chi connectivity index (χ4n) is 2.75. The van der Waals surface area contributed by atoms with Gasteiger partial charge in [-0.2, -0.15) is 8.42 Å². The Bertz CT molecular complexity index is 734. The van der Waals surface area contributed by atoms with Gasteiger partial charge >= 0.3 is 0 Å². The second-order valence-electron chi connectivity index (χ2n) is 5.21. The zero-order valence-electron chi connectivity index (χ0n) is 11.9. The maximum absolute atomic E-state index is 11.6. The summed E-state index contributed by atoms with van der Waals surface area (Å²) in [5.41, 5.74) is 0. The van der Waals surface area contributed by atoms with Gasteiger partial charge in [-0.25, -0.2) is 3.63 Å². The number of hydrogen-bond acceptors (Lipinski definition) is 3. The number of fused-ring (bicyclic) bond motifs is 1. The minimum absolute atomic E-state index is 0. The first-order valence-corrected chi connectivity index (χ1v) is 10.4. The van der Waals surface area contributed by atoms with Crippen molar-refractivity contribution in [2.75, 3.05) is 17.8 Å². The molecule has 116 valence electrons. The predicted molar refractivity (Wildman–Crippen MR) is 88.3 cm³/mol. The minimum Gasteiger partial charge on any atom is -0.412 e. The first kappa shape index (κ1) is 16.3. The molecule has 1 saturated heterocycles. The lowest BCUT2D eigenvalue weighted by atomic mass is 10.1. The van der Waals surface area contributed by atoms with Crippen molar-refractivity contribution in [1.29, 1.82) is 0 Å². The molecule has 1 fully saturated rings. The van der Waals surface area contributed by atoms with Crippen LogP contribution in [0.2, 0.25) is 0 Å². The largest absolute Gasteiger partial charge is 0.412 e. The summed E-state index contributed by atoms with van der Waals surface area (Å²) in [5, 5.41) is 2.31. The molecule has 1 heterocycles. The van der Waals surface area contributed by atoms with Crippen LogP contribution in [-0.2, 0) is 13.7 Å². The highest BCUT2D eigenvalue weighted by Crippen LogP contribution is 2.62. The van der Waals surface area contributed by atoms with E-state index in [9.17, 15) is 8.42 Å². The molecular weight excluding hydrogens is 308 g/mol. The molecule has 3 rings (SSSR count). The Morgan fingerprint density at radius 2 is 1.62 bits per heavy atom. The fraction of sp³-hybridized carbons (Fsp3) is 0.333. The summed E-state index contributed by atoms with van der Waals surface area (Å²) >= 11 is 0. The van der Waals surface area contributed by atoms with Crippen LogP contribution in [-0.4, -0.2) is 31.7 Å². The molecule has 0 atom stereocenters. The molecule has 0 aromatic heterocycles. The molecule has 0 spiro atoms. The van der Waals surface area contributed by atoms with Crippen molar-refractivity contribution in [2.45, 2.75) is 17.7 Å². The van der Waals surface area contributed by atoms with E-state index in [1.807, 2.05) is 18.2 Å². The first-order chi connectivity index (χ1) is 9.49. The highest BCUT2D eigenvalue weighted by Gasteiger charge is 2.35. The third kappa shape index (κ3) is 3.40. The summed E-state index contributed by atoms with van der Waals surface area (Å²) in [5.74, 6) is 1.69. The Balaban J connectivity index is 0.00000161. The van der Waals surface area contributed by atoms with E-state index in [0.29, 0.717) is 0 Å². The van der Waals surface area contributed by atoms with Gasteiger partial charge in [0.2, 0.25) is 0 Å². The van der Waals surface area contributed by atoms with Crippen LogP contribution >= 0.6 is 10.3 Å². The van der Waals surface area contributed by atoms with Crippen molar-refractivity contribution < 1.29 is 17.5 Å². The Morgan fingerprint density at radius 1 is 1.00 bits per heavy atom. The second kappa shape index (κ2) is 5.96. The average Bonchev–Trinajstić information content (AvgIpc) is 2.85. The van der Waals surface area contributed by atoms with E-state index < -0.39 is 20.4 Å². The summed E-state index contributed by atoms with van der Waals surface area (Å²) < 4.78 is 28.8. The van der Waals surface area contributed by atoms with Gasteiger partial charge in [-0.15, -0.1) is 0 Å². The van der Waals surface area contributed by atoms with E-state index in [1.54, 1.807) is 0 Å². The standard InChI is InChI=1S/C15H18O3S2.H2O/c1-19(16,17)18-20(10-4-5-11-20)15-9-8-13-6-2-3-7-14(13)12-15;/h2-3,6-9,12H,4-5,10-11H2,1H3;1H2. The molecule has 0 saturated carbocycles. The molecule has 0 unspecified atom stereocenters. The van der Waals surface area contributed by atoms with Gasteiger partial charge in [-0.1, -0.05) is 40.6 Å². The molecule has 2 aromatic rings. The zero-order valence-corrected chi connectivity index (χ0v) is 13.5. The zero-order chi connectivity index (χ0) is 14.2. The first-order valence-electron chi connectivity index (χ1n) is 6.67. The van der Waals surface area contributed by atoms with Gasteiger partial charge in [0.15, 0.2) is 0 Å². The normalized spacial score (nSPS) is 19.1. The summed E-state index contributed by atoms with van der Waals surface area (Å²) in [4.78, 5) is 1.05. The van der Waals surface area contributed by atoms with Gasteiger partial charge in [0.25, 0.3) is 10.1 Å². The number of hydrogen-bond donors (Lipinski definition) is 0. The molecule has 0 amide bonds. The van der Waals surface area contributed by atoms with Gasteiger partial charge in [0.1, 0.15) is 0 Å². The van der Waals surface area contributed by atoms with Crippen molar-refractivity contribution >= 4 is 31.2 Å². The molecule has 4 nitrogen and oxygen atoms in total. The topological polar surface area (TPSA) is 74.9 Å². The van der Waals surface area contributed by atoms with Crippen LogP contribution in [0.3, 0.4) is 0 Å². The van der Waals surface area contributed by atoms with Crippen LogP contribution in [0.1, 0.15) is 12.8 Å². The molecule has 0 radical (unpaired) electrons. The third-order valence-electron chi connectivity index (χ3n) is 3.60. The monoisotopic (exact) mass is 328 g/mol. The Kier molecular flexibility index (Phi) is 4.63. The van der Waals surface area contributed by atoms with Crippen LogP contribution < -0.4 is 0 Å². The van der Waals surface area contributed by atoms with Crippen LogP contribution in [0.4, 0.5) is 0 Å². The van der Waals surface area contributed by atoms with Crippen molar-refractivity contribution in [1.82, 2.24) is 0 Å². The third-order valence-corrected chi connectivity index (χ3v) is 8.64. The summed E-state index contributed by atoms with van der Waals surface area (Å²) in [6.07, 6.45) is 3.23. The van der Waals surface area contributed by atoms with Crippen LogP contribution in [0, 0.1) is 0 Å². The Labute approximate surface area is 127 Å². The lowest BCUT2D eigenvalue weighted by Gasteiger charge is -2.34. The maximum atomic E-state index is 11.6. The Hall–Kier alpha value is -1.08. The molecule has 21 heavy (non-hydrogen) atoms. The summed E-state index contributed by atoms with van der Waals surface area (Å²) in [6.45, 7) is 0. The van der Waals surface area contributed by atoms with Crippen LogP contribution in [0.25, 0.3) is 10.8 Å². The highest BCUT2D eigenvalue weighted by molar-refractivity contribution is 8.33. The van der Waals surface area contributed by atoms with E-state index >= 15 is 0 Å². The molecular formula is C15H20O4S2. The van der Waals surface area contributed by atoms with Crippen molar-refractivity contribution in [3.05, 3.63) is 42.5 Å². The predicted octanol–water partition coefficient (Wildman–Crippen LogP) is 2.86. The Morgan fingerprint density at radius 3 is 2.24 bits per heavy atom. The molecule has 6 heteroatoms.